The summed E-state index contributed by atoms with van der Waals surface area (Å²) in [4.78, 5) is 12.3. The number of hydrogen-bond donors (Lipinski definition) is 2. The summed E-state index contributed by atoms with van der Waals surface area (Å²) in [6, 6.07) is 13.6. The molecule has 156 valence electrons. The molecule has 0 aliphatic carbocycles. The number of carbonyl (C=O) groups is 1. The Balaban J connectivity index is 1.69. The van der Waals surface area contributed by atoms with Crippen LogP contribution in [0.25, 0.3) is 11.4 Å². The molecule has 1 aromatic heterocycles. The maximum Gasteiger partial charge on any atom is 0.238 e. The van der Waals surface area contributed by atoms with Crippen molar-refractivity contribution in [1.82, 2.24) is 14.8 Å². The number of sulfonamides is 1. The minimum absolute atomic E-state index is 0.0175. The van der Waals surface area contributed by atoms with Gasteiger partial charge >= 0.3 is 0 Å². The van der Waals surface area contributed by atoms with Crippen LogP contribution in [-0.4, -0.2) is 34.8 Å². The Morgan fingerprint density at radius 3 is 2.60 bits per heavy atom. The van der Waals surface area contributed by atoms with Crippen LogP contribution in [0.3, 0.4) is 0 Å². The fraction of sp³-hybridized carbons (Fsp3) is 0.150. The molecule has 1 heterocycles. The maximum absolute atomic E-state index is 12.3. The average Bonchev–Trinajstić information content (AvgIpc) is 3.09. The van der Waals surface area contributed by atoms with Gasteiger partial charge in [0.1, 0.15) is 0 Å². The van der Waals surface area contributed by atoms with Crippen molar-refractivity contribution in [1.29, 1.82) is 0 Å². The second-order valence-corrected chi connectivity index (χ2v) is 8.99. The van der Waals surface area contributed by atoms with Gasteiger partial charge in [-0.1, -0.05) is 41.6 Å². The lowest BCUT2D eigenvalue weighted by Gasteiger charge is -2.09. The van der Waals surface area contributed by atoms with Gasteiger partial charge in [0.25, 0.3) is 0 Å². The van der Waals surface area contributed by atoms with E-state index in [1.54, 1.807) is 6.08 Å². The van der Waals surface area contributed by atoms with Crippen molar-refractivity contribution in [3.8, 4) is 11.4 Å². The molecule has 3 rings (SSSR count). The molecule has 0 spiro atoms. The van der Waals surface area contributed by atoms with E-state index in [2.05, 4.69) is 22.1 Å². The number of allylic oxidation sites excluding steroid dienone is 1. The third-order valence-corrected chi connectivity index (χ3v) is 6.00. The van der Waals surface area contributed by atoms with E-state index in [-0.39, 0.29) is 16.6 Å². The number of amides is 1. The Morgan fingerprint density at radius 1 is 1.23 bits per heavy atom. The van der Waals surface area contributed by atoms with Crippen LogP contribution < -0.4 is 10.5 Å². The molecule has 0 atom stereocenters. The molecule has 0 radical (unpaired) electrons. The van der Waals surface area contributed by atoms with E-state index in [9.17, 15) is 13.2 Å². The minimum atomic E-state index is -3.77. The van der Waals surface area contributed by atoms with Crippen LogP contribution in [0, 0.1) is 6.92 Å². The molecular formula is C20H21N5O3S2. The van der Waals surface area contributed by atoms with Gasteiger partial charge in [-0.05, 0) is 37.3 Å². The summed E-state index contributed by atoms with van der Waals surface area (Å²) in [7, 11) is -3.77. The molecule has 30 heavy (non-hydrogen) atoms. The predicted octanol–water partition coefficient (Wildman–Crippen LogP) is 2.82. The van der Waals surface area contributed by atoms with Crippen LogP contribution in [0.2, 0.25) is 0 Å². The first-order valence-corrected chi connectivity index (χ1v) is 11.5. The van der Waals surface area contributed by atoms with Crippen molar-refractivity contribution in [3.63, 3.8) is 0 Å². The Hall–Kier alpha value is -2.95. The second kappa shape index (κ2) is 9.24. The monoisotopic (exact) mass is 443 g/mol. The molecule has 2 aromatic carbocycles. The van der Waals surface area contributed by atoms with E-state index >= 15 is 0 Å². The Labute approximate surface area is 179 Å². The fourth-order valence-corrected chi connectivity index (χ4v) is 4.01. The molecular weight excluding hydrogens is 422 g/mol. The highest BCUT2D eigenvalue weighted by Crippen LogP contribution is 2.25. The molecule has 0 bridgehead atoms. The zero-order chi connectivity index (χ0) is 21.7. The summed E-state index contributed by atoms with van der Waals surface area (Å²) >= 11 is 1.26. The normalized spacial score (nSPS) is 11.3. The number of carbonyl (C=O) groups excluding carboxylic acids is 1. The van der Waals surface area contributed by atoms with Crippen LogP contribution >= 0.6 is 11.8 Å². The van der Waals surface area contributed by atoms with Gasteiger partial charge in [0, 0.05) is 17.8 Å². The highest BCUT2D eigenvalue weighted by Gasteiger charge is 2.15. The van der Waals surface area contributed by atoms with Crippen molar-refractivity contribution < 1.29 is 13.2 Å². The van der Waals surface area contributed by atoms with Crippen molar-refractivity contribution >= 4 is 33.4 Å². The Kier molecular flexibility index (Phi) is 6.70. The molecule has 10 heteroatoms. The van der Waals surface area contributed by atoms with Crippen LogP contribution in [-0.2, 0) is 21.4 Å². The number of aromatic nitrogens is 3. The van der Waals surface area contributed by atoms with E-state index in [0.29, 0.717) is 23.2 Å². The third-order valence-electron chi connectivity index (χ3n) is 4.10. The standard InChI is InChI=1S/C20H21N5O3S2/c1-3-11-25-19(15-6-4-5-14(2)12-15)23-24-20(25)29-13-18(26)22-16-7-9-17(10-8-16)30(21,27)28/h3-10,12H,1,11,13H2,2H3,(H,22,26)(H2,21,27,28). The molecule has 1 amide bonds. The predicted molar refractivity (Wildman–Crippen MR) is 118 cm³/mol. The average molecular weight is 444 g/mol. The van der Waals surface area contributed by atoms with Gasteiger partial charge in [-0.3, -0.25) is 9.36 Å². The summed E-state index contributed by atoms with van der Waals surface area (Å²) in [5.74, 6) is 0.564. The number of hydrogen-bond acceptors (Lipinski definition) is 6. The zero-order valence-corrected chi connectivity index (χ0v) is 17.9. The maximum atomic E-state index is 12.3. The van der Waals surface area contributed by atoms with Gasteiger partial charge in [0.2, 0.25) is 15.9 Å². The Bertz CT molecular complexity index is 1170. The summed E-state index contributed by atoms with van der Waals surface area (Å²) in [5.41, 5.74) is 2.53. The lowest BCUT2D eigenvalue weighted by molar-refractivity contribution is -0.113. The summed E-state index contributed by atoms with van der Waals surface area (Å²) in [6.45, 7) is 6.30. The number of anilines is 1. The summed E-state index contributed by atoms with van der Waals surface area (Å²) in [6.07, 6.45) is 1.75. The third kappa shape index (κ3) is 5.35. The van der Waals surface area contributed by atoms with Gasteiger partial charge in [-0.25, -0.2) is 13.6 Å². The summed E-state index contributed by atoms with van der Waals surface area (Å²) in [5, 5.41) is 16.9. The van der Waals surface area contributed by atoms with E-state index in [1.165, 1.54) is 36.0 Å². The molecule has 3 N–H and O–H groups in total. The fourth-order valence-electron chi connectivity index (χ4n) is 2.74. The van der Waals surface area contributed by atoms with Crippen molar-refractivity contribution in [2.75, 3.05) is 11.1 Å². The lowest BCUT2D eigenvalue weighted by atomic mass is 10.1. The number of thioether (sulfide) groups is 1. The van der Waals surface area contributed by atoms with Crippen LogP contribution in [0.1, 0.15) is 5.56 Å². The largest absolute Gasteiger partial charge is 0.325 e. The number of primary sulfonamides is 1. The molecule has 8 nitrogen and oxygen atoms in total. The first kappa shape index (κ1) is 21.8. The lowest BCUT2D eigenvalue weighted by Crippen LogP contribution is -2.15. The number of nitrogens with one attached hydrogen (secondary N) is 1. The molecule has 0 unspecified atom stereocenters. The van der Waals surface area contributed by atoms with Gasteiger partial charge in [0.05, 0.1) is 10.6 Å². The second-order valence-electron chi connectivity index (χ2n) is 6.48. The smallest absolute Gasteiger partial charge is 0.238 e. The zero-order valence-electron chi connectivity index (χ0n) is 16.3. The highest BCUT2D eigenvalue weighted by atomic mass is 32.2. The van der Waals surface area contributed by atoms with Gasteiger partial charge in [0.15, 0.2) is 11.0 Å². The summed E-state index contributed by atoms with van der Waals surface area (Å²) < 4.78 is 24.5. The molecule has 3 aromatic rings. The quantitative estimate of drug-likeness (QED) is 0.408. The molecule has 0 aliphatic heterocycles. The van der Waals surface area contributed by atoms with E-state index in [4.69, 9.17) is 5.14 Å². The number of nitrogens with two attached hydrogens (primary N) is 1. The van der Waals surface area contributed by atoms with E-state index < -0.39 is 10.0 Å². The van der Waals surface area contributed by atoms with E-state index in [0.717, 1.165) is 11.1 Å². The first-order valence-electron chi connectivity index (χ1n) is 8.94. The molecule has 0 aliphatic rings. The first-order chi connectivity index (χ1) is 14.3. The molecule has 0 saturated carbocycles. The molecule has 0 saturated heterocycles. The van der Waals surface area contributed by atoms with Gasteiger partial charge in [-0.15, -0.1) is 16.8 Å². The number of rotatable bonds is 8. The van der Waals surface area contributed by atoms with Crippen LogP contribution in [0.4, 0.5) is 5.69 Å². The van der Waals surface area contributed by atoms with Crippen molar-refractivity contribution in [2.45, 2.75) is 23.5 Å². The molecule has 0 fully saturated rings. The van der Waals surface area contributed by atoms with Crippen molar-refractivity contribution in [3.05, 3.63) is 66.7 Å². The number of nitrogens with zero attached hydrogens (tertiary/aromatic N) is 3. The van der Waals surface area contributed by atoms with Crippen molar-refractivity contribution in [2.24, 2.45) is 5.14 Å². The Morgan fingerprint density at radius 2 is 1.97 bits per heavy atom. The van der Waals surface area contributed by atoms with Crippen LogP contribution in [0.5, 0.6) is 0 Å². The SMILES string of the molecule is C=CCn1c(SCC(=O)Nc2ccc(S(N)(=O)=O)cc2)nnc1-c1cccc(C)c1. The number of aryl methyl sites for hydroxylation is 1. The van der Waals surface area contributed by atoms with Gasteiger partial charge < -0.3 is 5.32 Å². The van der Waals surface area contributed by atoms with E-state index in [1.807, 2.05) is 35.8 Å². The minimum Gasteiger partial charge on any atom is -0.325 e. The van der Waals surface area contributed by atoms with Gasteiger partial charge in [-0.2, -0.15) is 0 Å². The van der Waals surface area contributed by atoms with Crippen LogP contribution in [0.15, 0.2) is 71.2 Å². The highest BCUT2D eigenvalue weighted by molar-refractivity contribution is 7.99. The number of benzene rings is 2. The topological polar surface area (TPSA) is 120 Å².